The maximum absolute atomic E-state index is 12.8. The van der Waals surface area contributed by atoms with E-state index >= 15 is 0 Å². The molecule has 0 atom stereocenters. The van der Waals surface area contributed by atoms with Crippen molar-refractivity contribution in [2.75, 3.05) is 0 Å². The van der Waals surface area contributed by atoms with Crippen molar-refractivity contribution < 1.29 is 9.59 Å². The van der Waals surface area contributed by atoms with Crippen molar-refractivity contribution in [3.05, 3.63) is 0 Å². The highest BCUT2D eigenvalue weighted by Gasteiger charge is 2.31. The molecule has 0 aliphatic heterocycles. The van der Waals surface area contributed by atoms with Gasteiger partial charge in [0.05, 0.1) is 0 Å². The third kappa shape index (κ3) is 9.16. The summed E-state index contributed by atoms with van der Waals surface area (Å²) in [6, 6.07) is 0.322. The summed E-state index contributed by atoms with van der Waals surface area (Å²) in [5.41, 5.74) is 6.01. The van der Waals surface area contributed by atoms with Crippen molar-refractivity contribution in [2.24, 2.45) is 5.73 Å². The number of carbonyl (C=O) groups excluding carboxylic acids is 2. The second-order valence-corrected chi connectivity index (χ2v) is 8.05. The minimum absolute atomic E-state index is 0.0560. The highest BCUT2D eigenvalue weighted by atomic mass is 16.2. The van der Waals surface area contributed by atoms with E-state index in [0.29, 0.717) is 12.8 Å². The van der Waals surface area contributed by atoms with Gasteiger partial charge in [0.1, 0.15) is 0 Å². The molecule has 26 heavy (non-hydrogen) atoms. The lowest BCUT2D eigenvalue weighted by atomic mass is 9.90. The Morgan fingerprint density at radius 1 is 0.731 bits per heavy atom. The maximum atomic E-state index is 12.8. The number of unbranched alkanes of at least 4 members (excludes halogenated alkanes) is 8. The first kappa shape index (κ1) is 23.1. The highest BCUT2D eigenvalue weighted by molar-refractivity contribution is 5.95. The third-order valence-corrected chi connectivity index (χ3v) is 5.63. The maximum Gasteiger partial charge on any atom is 0.229 e. The average molecular weight is 367 g/mol. The summed E-state index contributed by atoms with van der Waals surface area (Å²) in [6.45, 7) is 4.39. The Labute approximate surface area is 161 Å². The Morgan fingerprint density at radius 3 is 1.58 bits per heavy atom. The first-order chi connectivity index (χ1) is 12.6. The molecule has 2 N–H and O–H groups in total. The van der Waals surface area contributed by atoms with Gasteiger partial charge in [0.2, 0.25) is 11.8 Å². The van der Waals surface area contributed by atoms with Gasteiger partial charge in [-0.05, 0) is 38.5 Å². The van der Waals surface area contributed by atoms with Gasteiger partial charge in [-0.2, -0.15) is 0 Å². The Hall–Kier alpha value is -0.900. The van der Waals surface area contributed by atoms with Crippen LogP contribution in [0.25, 0.3) is 0 Å². The molecular weight excluding hydrogens is 324 g/mol. The van der Waals surface area contributed by atoms with E-state index in [1.807, 2.05) is 0 Å². The molecule has 4 nitrogen and oxygen atoms in total. The van der Waals surface area contributed by atoms with E-state index in [0.717, 1.165) is 51.4 Å². The zero-order valence-corrected chi connectivity index (χ0v) is 17.3. The molecule has 0 bridgehead atoms. The fourth-order valence-electron chi connectivity index (χ4n) is 3.91. The van der Waals surface area contributed by atoms with Crippen LogP contribution in [0.3, 0.4) is 0 Å². The first-order valence-electron chi connectivity index (χ1n) is 11.2. The van der Waals surface area contributed by atoms with E-state index < -0.39 is 0 Å². The van der Waals surface area contributed by atoms with E-state index in [-0.39, 0.29) is 23.9 Å². The molecule has 1 aliphatic rings. The first-order valence-corrected chi connectivity index (χ1v) is 11.2. The van der Waals surface area contributed by atoms with Crippen LogP contribution in [0, 0.1) is 0 Å². The lowest BCUT2D eigenvalue weighted by Gasteiger charge is -2.35. The predicted molar refractivity (Wildman–Crippen MR) is 109 cm³/mol. The molecule has 0 radical (unpaired) electrons. The largest absolute Gasteiger partial charge is 0.328 e. The SMILES string of the molecule is CCCCCCCC(=O)N(C(=O)CCCCCCC)C1CCC(N)CC1. The van der Waals surface area contributed by atoms with Crippen LogP contribution in [0.15, 0.2) is 0 Å². The molecule has 152 valence electrons. The molecule has 0 saturated heterocycles. The van der Waals surface area contributed by atoms with Crippen LogP contribution in [-0.2, 0) is 9.59 Å². The number of hydrogen-bond donors (Lipinski definition) is 1. The van der Waals surface area contributed by atoms with Gasteiger partial charge in [-0.15, -0.1) is 0 Å². The van der Waals surface area contributed by atoms with Gasteiger partial charge in [-0.25, -0.2) is 0 Å². The van der Waals surface area contributed by atoms with Gasteiger partial charge >= 0.3 is 0 Å². The zero-order chi connectivity index (χ0) is 19.2. The summed E-state index contributed by atoms with van der Waals surface area (Å²) in [7, 11) is 0. The predicted octanol–water partition coefficient (Wildman–Crippen LogP) is 5.33. The summed E-state index contributed by atoms with van der Waals surface area (Å²) in [5, 5.41) is 0. The number of imide groups is 1. The quantitative estimate of drug-likeness (QED) is 0.448. The third-order valence-electron chi connectivity index (χ3n) is 5.63. The molecule has 0 aromatic rings. The molecule has 0 aromatic heterocycles. The monoisotopic (exact) mass is 366 g/mol. The van der Waals surface area contributed by atoms with Crippen molar-refractivity contribution in [1.29, 1.82) is 0 Å². The summed E-state index contributed by atoms with van der Waals surface area (Å²) >= 11 is 0. The van der Waals surface area contributed by atoms with Gasteiger partial charge in [0.15, 0.2) is 0 Å². The van der Waals surface area contributed by atoms with Gasteiger partial charge < -0.3 is 5.73 Å². The smallest absolute Gasteiger partial charge is 0.229 e. The number of carbonyl (C=O) groups is 2. The lowest BCUT2D eigenvalue weighted by molar-refractivity contribution is -0.148. The molecule has 4 heteroatoms. The molecular formula is C22H42N2O2. The van der Waals surface area contributed by atoms with E-state index in [4.69, 9.17) is 5.73 Å². The van der Waals surface area contributed by atoms with Gasteiger partial charge in [-0.3, -0.25) is 14.5 Å². The summed E-state index contributed by atoms with van der Waals surface area (Å²) in [6.07, 6.45) is 15.9. The van der Waals surface area contributed by atoms with Crippen molar-refractivity contribution in [1.82, 2.24) is 4.90 Å². The van der Waals surface area contributed by atoms with Crippen LogP contribution in [0.4, 0.5) is 0 Å². The second kappa shape index (κ2) is 14.2. The lowest BCUT2D eigenvalue weighted by Crippen LogP contribution is -2.47. The molecule has 0 aromatic carbocycles. The molecule has 1 fully saturated rings. The fourth-order valence-corrected chi connectivity index (χ4v) is 3.91. The van der Waals surface area contributed by atoms with Crippen molar-refractivity contribution in [3.8, 4) is 0 Å². The molecule has 1 aliphatic carbocycles. The van der Waals surface area contributed by atoms with E-state index in [1.165, 1.54) is 38.5 Å². The van der Waals surface area contributed by atoms with Crippen molar-refractivity contribution >= 4 is 11.8 Å². The highest BCUT2D eigenvalue weighted by Crippen LogP contribution is 2.24. The normalized spacial score (nSPS) is 20.1. The molecule has 1 rings (SSSR count). The van der Waals surface area contributed by atoms with Gasteiger partial charge in [0.25, 0.3) is 0 Å². The van der Waals surface area contributed by atoms with Gasteiger partial charge in [0, 0.05) is 24.9 Å². The summed E-state index contributed by atoms with van der Waals surface area (Å²) in [5.74, 6) is 0.112. The summed E-state index contributed by atoms with van der Waals surface area (Å²) < 4.78 is 0. The van der Waals surface area contributed by atoms with Crippen LogP contribution in [0.5, 0.6) is 0 Å². The number of rotatable bonds is 13. The molecule has 0 heterocycles. The topological polar surface area (TPSA) is 63.4 Å². The standard InChI is InChI=1S/C22H42N2O2/c1-3-5-7-9-11-13-21(25)24(20-17-15-19(23)16-18-20)22(26)14-12-10-8-6-4-2/h19-20H,3-18,23H2,1-2H3. The number of nitrogens with zero attached hydrogens (tertiary/aromatic N) is 1. The fraction of sp³-hybridized carbons (Fsp3) is 0.909. The minimum atomic E-state index is 0.0560. The Bertz CT molecular complexity index is 364. The van der Waals surface area contributed by atoms with Gasteiger partial charge in [-0.1, -0.05) is 65.2 Å². The van der Waals surface area contributed by atoms with Crippen molar-refractivity contribution in [3.63, 3.8) is 0 Å². The molecule has 0 spiro atoms. The molecule has 2 amide bonds. The second-order valence-electron chi connectivity index (χ2n) is 8.05. The van der Waals surface area contributed by atoms with E-state index in [1.54, 1.807) is 4.90 Å². The Balaban J connectivity index is 2.51. The van der Waals surface area contributed by atoms with Crippen LogP contribution >= 0.6 is 0 Å². The average Bonchev–Trinajstić information content (AvgIpc) is 2.63. The molecule has 0 unspecified atom stereocenters. The molecule has 1 saturated carbocycles. The zero-order valence-electron chi connectivity index (χ0n) is 17.3. The van der Waals surface area contributed by atoms with Crippen LogP contribution in [0.1, 0.15) is 117 Å². The number of nitrogens with two attached hydrogens (primary N) is 1. The van der Waals surface area contributed by atoms with E-state index in [2.05, 4.69) is 13.8 Å². The number of amides is 2. The minimum Gasteiger partial charge on any atom is -0.328 e. The van der Waals surface area contributed by atoms with Crippen molar-refractivity contribution in [2.45, 2.75) is 129 Å². The van der Waals surface area contributed by atoms with E-state index in [9.17, 15) is 9.59 Å². The van der Waals surface area contributed by atoms with Crippen LogP contribution < -0.4 is 5.73 Å². The Kier molecular flexibility index (Phi) is 12.6. The number of hydrogen-bond acceptors (Lipinski definition) is 3. The summed E-state index contributed by atoms with van der Waals surface area (Å²) in [4.78, 5) is 27.3. The van der Waals surface area contributed by atoms with Crippen LogP contribution in [-0.4, -0.2) is 28.8 Å². The van der Waals surface area contributed by atoms with Crippen LogP contribution in [0.2, 0.25) is 0 Å². The Morgan fingerprint density at radius 2 is 1.15 bits per heavy atom.